The molecule has 0 aliphatic heterocycles. The minimum atomic E-state index is 0.867. The largest absolute Gasteiger partial charge is 0.370 e. The molecular formula is C11H12N4S. The molecule has 0 saturated carbocycles. The van der Waals surface area contributed by atoms with Gasteiger partial charge in [0.2, 0.25) is 0 Å². The Morgan fingerprint density at radius 3 is 2.94 bits per heavy atom. The van der Waals surface area contributed by atoms with E-state index >= 15 is 0 Å². The van der Waals surface area contributed by atoms with Gasteiger partial charge in [0.25, 0.3) is 0 Å². The Bertz CT molecular complexity index is 447. The van der Waals surface area contributed by atoms with Crippen LogP contribution in [0.25, 0.3) is 0 Å². The molecule has 82 valence electrons. The van der Waals surface area contributed by atoms with Crippen molar-refractivity contribution in [2.75, 3.05) is 11.9 Å². The number of anilines is 1. The molecule has 0 atom stereocenters. The highest BCUT2D eigenvalue weighted by atomic mass is 32.2. The predicted molar refractivity (Wildman–Crippen MR) is 64.6 cm³/mol. The molecule has 2 aromatic rings. The van der Waals surface area contributed by atoms with Crippen molar-refractivity contribution in [3.05, 3.63) is 36.9 Å². The van der Waals surface area contributed by atoms with E-state index in [0.717, 1.165) is 22.3 Å². The molecule has 0 fully saturated rings. The average molecular weight is 232 g/mol. The molecule has 5 heteroatoms. The standard InChI is InChI=1S/C11H12N4S/c1-2-13-10-7-9(3-4-14-10)16-11-8-12-5-6-15-11/h3-8H,2H2,1H3,(H,13,14). The summed E-state index contributed by atoms with van der Waals surface area (Å²) in [4.78, 5) is 13.5. The number of aromatic nitrogens is 3. The summed E-state index contributed by atoms with van der Waals surface area (Å²) in [6, 6.07) is 3.96. The van der Waals surface area contributed by atoms with E-state index in [9.17, 15) is 0 Å². The summed E-state index contributed by atoms with van der Waals surface area (Å²) in [5.74, 6) is 0.886. The van der Waals surface area contributed by atoms with Crippen molar-refractivity contribution in [3.8, 4) is 0 Å². The van der Waals surface area contributed by atoms with Gasteiger partial charge in [-0.05, 0) is 19.1 Å². The SMILES string of the molecule is CCNc1cc(Sc2cnccn2)ccn1. The lowest BCUT2D eigenvalue weighted by molar-refractivity contribution is 1.05. The molecule has 0 radical (unpaired) electrons. The molecule has 0 saturated heterocycles. The third-order valence-electron chi connectivity index (χ3n) is 1.85. The molecule has 2 aromatic heterocycles. The van der Waals surface area contributed by atoms with Crippen LogP contribution in [0.4, 0.5) is 5.82 Å². The van der Waals surface area contributed by atoms with Crippen LogP contribution in [0.3, 0.4) is 0 Å². The molecule has 0 unspecified atom stereocenters. The van der Waals surface area contributed by atoms with Gasteiger partial charge in [0.1, 0.15) is 10.8 Å². The van der Waals surface area contributed by atoms with E-state index in [1.54, 1.807) is 36.5 Å². The van der Waals surface area contributed by atoms with E-state index in [-0.39, 0.29) is 0 Å². The lowest BCUT2D eigenvalue weighted by atomic mass is 10.4. The molecule has 0 spiro atoms. The minimum Gasteiger partial charge on any atom is -0.370 e. The van der Waals surface area contributed by atoms with Crippen LogP contribution in [0.2, 0.25) is 0 Å². The molecular weight excluding hydrogens is 220 g/mol. The summed E-state index contributed by atoms with van der Waals surface area (Å²) in [5.41, 5.74) is 0. The first kappa shape index (κ1) is 10.9. The second-order valence-corrected chi connectivity index (χ2v) is 4.15. The third kappa shape index (κ3) is 2.93. The van der Waals surface area contributed by atoms with Gasteiger partial charge in [-0.2, -0.15) is 0 Å². The molecule has 2 heterocycles. The zero-order valence-corrected chi connectivity index (χ0v) is 9.74. The van der Waals surface area contributed by atoms with Gasteiger partial charge in [-0.15, -0.1) is 0 Å². The fourth-order valence-corrected chi connectivity index (χ4v) is 1.98. The maximum absolute atomic E-state index is 4.21. The predicted octanol–water partition coefficient (Wildman–Crippen LogP) is 2.45. The van der Waals surface area contributed by atoms with Gasteiger partial charge in [-0.3, -0.25) is 4.98 Å². The quantitative estimate of drug-likeness (QED) is 0.877. The maximum Gasteiger partial charge on any atom is 0.126 e. The monoisotopic (exact) mass is 232 g/mol. The molecule has 0 bridgehead atoms. The van der Waals surface area contributed by atoms with Crippen LogP contribution >= 0.6 is 11.8 Å². The van der Waals surface area contributed by atoms with Gasteiger partial charge in [0, 0.05) is 30.0 Å². The second-order valence-electron chi connectivity index (χ2n) is 3.05. The van der Waals surface area contributed by atoms with E-state index in [1.807, 2.05) is 19.1 Å². The molecule has 0 amide bonds. The molecule has 2 rings (SSSR count). The topological polar surface area (TPSA) is 50.7 Å². The molecule has 0 aliphatic carbocycles. The van der Waals surface area contributed by atoms with Crippen LogP contribution in [0.1, 0.15) is 6.92 Å². The Balaban J connectivity index is 2.12. The number of pyridine rings is 1. The third-order valence-corrected chi connectivity index (χ3v) is 2.76. The second kappa shape index (κ2) is 5.46. The van der Waals surface area contributed by atoms with Crippen LogP contribution < -0.4 is 5.32 Å². The fraction of sp³-hybridized carbons (Fsp3) is 0.182. The Morgan fingerprint density at radius 1 is 1.25 bits per heavy atom. The van der Waals surface area contributed by atoms with Crippen molar-refractivity contribution in [2.24, 2.45) is 0 Å². The van der Waals surface area contributed by atoms with Gasteiger partial charge in [0.15, 0.2) is 0 Å². The summed E-state index contributed by atoms with van der Waals surface area (Å²) < 4.78 is 0. The van der Waals surface area contributed by atoms with Gasteiger partial charge >= 0.3 is 0 Å². The van der Waals surface area contributed by atoms with Crippen LogP contribution in [0.5, 0.6) is 0 Å². The summed E-state index contributed by atoms with van der Waals surface area (Å²) in [6.07, 6.45) is 6.89. The first-order valence-corrected chi connectivity index (χ1v) is 5.84. The summed E-state index contributed by atoms with van der Waals surface area (Å²) in [7, 11) is 0. The van der Waals surface area contributed by atoms with Crippen LogP contribution in [-0.2, 0) is 0 Å². The van der Waals surface area contributed by atoms with Crippen LogP contribution in [0, 0.1) is 0 Å². The van der Waals surface area contributed by atoms with Gasteiger partial charge in [-0.1, -0.05) is 11.8 Å². The van der Waals surface area contributed by atoms with E-state index in [2.05, 4.69) is 20.3 Å². The Labute approximate surface area is 98.6 Å². The number of nitrogens with zero attached hydrogens (tertiary/aromatic N) is 3. The fourth-order valence-electron chi connectivity index (χ4n) is 1.21. The van der Waals surface area contributed by atoms with Crippen molar-refractivity contribution in [1.82, 2.24) is 15.0 Å². The highest BCUT2D eigenvalue weighted by molar-refractivity contribution is 7.99. The van der Waals surface area contributed by atoms with Gasteiger partial charge < -0.3 is 5.32 Å². The summed E-state index contributed by atoms with van der Waals surface area (Å²) in [5, 5.41) is 4.06. The highest BCUT2D eigenvalue weighted by Gasteiger charge is 2.00. The molecule has 16 heavy (non-hydrogen) atoms. The lowest BCUT2D eigenvalue weighted by Gasteiger charge is -2.04. The van der Waals surface area contributed by atoms with Crippen molar-refractivity contribution >= 4 is 17.6 Å². The van der Waals surface area contributed by atoms with Crippen LogP contribution in [-0.4, -0.2) is 21.5 Å². The zero-order chi connectivity index (χ0) is 11.2. The smallest absolute Gasteiger partial charge is 0.126 e. The van der Waals surface area contributed by atoms with E-state index < -0.39 is 0 Å². The van der Waals surface area contributed by atoms with E-state index in [4.69, 9.17) is 0 Å². The number of hydrogen-bond donors (Lipinski definition) is 1. The van der Waals surface area contributed by atoms with Crippen molar-refractivity contribution < 1.29 is 0 Å². The average Bonchev–Trinajstić information content (AvgIpc) is 2.31. The van der Waals surface area contributed by atoms with Crippen molar-refractivity contribution in [3.63, 3.8) is 0 Å². The van der Waals surface area contributed by atoms with Gasteiger partial charge in [0.05, 0.1) is 6.20 Å². The Kier molecular flexibility index (Phi) is 3.71. The normalized spacial score (nSPS) is 10.1. The van der Waals surface area contributed by atoms with Crippen LogP contribution in [0.15, 0.2) is 46.8 Å². The summed E-state index contributed by atoms with van der Waals surface area (Å²) >= 11 is 1.57. The molecule has 0 aliphatic rings. The number of hydrogen-bond acceptors (Lipinski definition) is 5. The van der Waals surface area contributed by atoms with Crippen molar-refractivity contribution in [2.45, 2.75) is 16.8 Å². The Morgan fingerprint density at radius 2 is 2.19 bits per heavy atom. The maximum atomic E-state index is 4.21. The van der Waals surface area contributed by atoms with E-state index in [0.29, 0.717) is 0 Å². The Hall–Kier alpha value is -1.62. The molecule has 4 nitrogen and oxygen atoms in total. The zero-order valence-electron chi connectivity index (χ0n) is 8.92. The number of nitrogens with one attached hydrogen (secondary N) is 1. The highest BCUT2D eigenvalue weighted by Crippen LogP contribution is 2.25. The lowest BCUT2D eigenvalue weighted by Crippen LogP contribution is -1.98. The first-order chi connectivity index (χ1) is 7.88. The van der Waals surface area contributed by atoms with Gasteiger partial charge in [-0.25, -0.2) is 9.97 Å². The van der Waals surface area contributed by atoms with E-state index in [1.165, 1.54) is 0 Å². The summed E-state index contributed by atoms with van der Waals surface area (Å²) in [6.45, 7) is 2.91. The minimum absolute atomic E-state index is 0.867. The molecule has 0 aromatic carbocycles. The van der Waals surface area contributed by atoms with Crippen molar-refractivity contribution in [1.29, 1.82) is 0 Å². The number of rotatable bonds is 4. The first-order valence-electron chi connectivity index (χ1n) is 5.02. The molecule has 1 N–H and O–H groups in total.